The molecule has 0 atom stereocenters. The van der Waals surface area contributed by atoms with Gasteiger partial charge in [-0.25, -0.2) is 4.98 Å². The number of hydrogen-bond acceptors (Lipinski definition) is 4. The van der Waals surface area contributed by atoms with E-state index in [0.29, 0.717) is 6.54 Å². The molecular weight excluding hydrogens is 366 g/mol. The topological polar surface area (TPSA) is 63.9 Å². The Morgan fingerprint density at radius 1 is 1.14 bits per heavy atom. The van der Waals surface area contributed by atoms with Crippen molar-refractivity contribution in [2.24, 2.45) is 12.0 Å². The minimum absolute atomic E-state index is 0.610. The van der Waals surface area contributed by atoms with Crippen LogP contribution in [-0.4, -0.2) is 55.3 Å². The number of aryl methyl sites for hydroxylation is 1. The Morgan fingerprint density at radius 3 is 2.59 bits per heavy atom. The molecule has 0 aliphatic heterocycles. The summed E-state index contributed by atoms with van der Waals surface area (Å²) in [5, 5.41) is 3.41. The number of fused-ring (bicyclic) bond motifs is 1. The molecular formula is C22H29N5O2. The number of guanidine groups is 1. The van der Waals surface area contributed by atoms with E-state index in [1.807, 2.05) is 44.4 Å². The number of imidazole rings is 1. The highest BCUT2D eigenvalue weighted by molar-refractivity contribution is 5.80. The van der Waals surface area contributed by atoms with Gasteiger partial charge in [-0.05, 0) is 36.2 Å². The number of hydrogen-bond donors (Lipinski definition) is 1. The van der Waals surface area contributed by atoms with Gasteiger partial charge in [0, 0.05) is 27.7 Å². The second kappa shape index (κ2) is 9.32. The first-order chi connectivity index (χ1) is 14.1. The quantitative estimate of drug-likeness (QED) is 0.492. The zero-order valence-electron chi connectivity index (χ0n) is 17.8. The highest BCUT2D eigenvalue weighted by atomic mass is 16.5. The van der Waals surface area contributed by atoms with Crippen LogP contribution in [-0.2, 0) is 20.0 Å². The van der Waals surface area contributed by atoms with Gasteiger partial charge in [0.05, 0.1) is 31.8 Å². The number of para-hydroxylation sites is 2. The molecule has 154 valence electrons. The molecule has 7 nitrogen and oxygen atoms in total. The van der Waals surface area contributed by atoms with Crippen molar-refractivity contribution in [3.63, 3.8) is 0 Å². The first-order valence-electron chi connectivity index (χ1n) is 9.60. The van der Waals surface area contributed by atoms with Gasteiger partial charge in [0.15, 0.2) is 17.5 Å². The normalized spacial score (nSPS) is 11.6. The summed E-state index contributed by atoms with van der Waals surface area (Å²) < 4.78 is 12.8. The summed E-state index contributed by atoms with van der Waals surface area (Å²) in [5.41, 5.74) is 3.31. The van der Waals surface area contributed by atoms with Gasteiger partial charge in [-0.1, -0.05) is 18.2 Å². The smallest absolute Gasteiger partial charge is 0.193 e. The predicted molar refractivity (Wildman–Crippen MR) is 117 cm³/mol. The van der Waals surface area contributed by atoms with E-state index < -0.39 is 0 Å². The molecule has 0 unspecified atom stereocenters. The Balaban J connectivity index is 1.60. The number of nitrogens with one attached hydrogen (secondary N) is 1. The lowest BCUT2D eigenvalue weighted by Crippen LogP contribution is -2.39. The van der Waals surface area contributed by atoms with Crippen LogP contribution in [0.1, 0.15) is 11.4 Å². The van der Waals surface area contributed by atoms with Crippen LogP contribution in [0.4, 0.5) is 0 Å². The summed E-state index contributed by atoms with van der Waals surface area (Å²) in [6, 6.07) is 14.2. The van der Waals surface area contributed by atoms with Crippen molar-refractivity contribution in [2.75, 3.05) is 34.9 Å². The van der Waals surface area contributed by atoms with Gasteiger partial charge < -0.3 is 24.3 Å². The first kappa shape index (κ1) is 20.5. The lowest BCUT2D eigenvalue weighted by molar-refractivity contribution is 0.354. The van der Waals surface area contributed by atoms with E-state index in [0.717, 1.165) is 47.3 Å². The molecule has 2 aromatic carbocycles. The van der Waals surface area contributed by atoms with Crippen LogP contribution < -0.4 is 14.8 Å². The average Bonchev–Trinajstić information content (AvgIpc) is 3.08. The Labute approximate surface area is 172 Å². The van der Waals surface area contributed by atoms with Crippen LogP contribution in [0.15, 0.2) is 47.5 Å². The zero-order chi connectivity index (χ0) is 20.8. The molecule has 0 aliphatic carbocycles. The number of ether oxygens (including phenoxy) is 2. The lowest BCUT2D eigenvalue weighted by Gasteiger charge is -2.22. The van der Waals surface area contributed by atoms with E-state index in [-0.39, 0.29) is 0 Å². The maximum absolute atomic E-state index is 5.39. The molecule has 7 heteroatoms. The molecule has 1 aromatic heterocycles. The van der Waals surface area contributed by atoms with Gasteiger partial charge in [-0.15, -0.1) is 0 Å². The molecule has 0 radical (unpaired) electrons. The third-order valence-electron chi connectivity index (χ3n) is 5.04. The maximum atomic E-state index is 5.39. The molecule has 0 saturated carbocycles. The number of rotatable bonds is 7. The van der Waals surface area contributed by atoms with Crippen molar-refractivity contribution < 1.29 is 9.47 Å². The van der Waals surface area contributed by atoms with Gasteiger partial charge in [-0.2, -0.15) is 0 Å². The highest BCUT2D eigenvalue weighted by Crippen LogP contribution is 2.27. The summed E-state index contributed by atoms with van der Waals surface area (Å²) in [6.45, 7) is 1.43. The maximum Gasteiger partial charge on any atom is 0.193 e. The third-order valence-corrected chi connectivity index (χ3v) is 5.04. The standard InChI is InChI=1S/C22H29N5O2/c1-23-22(24-15-21-25-17-8-6-7-9-18(17)27(21)3)26(2)13-12-16-10-11-19(28-4)20(14-16)29-5/h6-11,14H,12-13,15H2,1-5H3,(H,23,24). The molecule has 3 rings (SSSR count). The fourth-order valence-corrected chi connectivity index (χ4v) is 3.34. The summed E-state index contributed by atoms with van der Waals surface area (Å²) >= 11 is 0. The van der Waals surface area contributed by atoms with Gasteiger partial charge >= 0.3 is 0 Å². The number of aliphatic imine (C=N–C) groups is 1. The van der Waals surface area contributed by atoms with Crippen molar-refractivity contribution in [1.82, 2.24) is 19.8 Å². The number of benzene rings is 2. The Bertz CT molecular complexity index is 996. The first-order valence-corrected chi connectivity index (χ1v) is 9.60. The van der Waals surface area contributed by atoms with Gasteiger partial charge in [0.2, 0.25) is 0 Å². The fraction of sp³-hybridized carbons (Fsp3) is 0.364. The Hall–Kier alpha value is -3.22. The SMILES string of the molecule is CN=C(NCc1nc2ccccc2n1C)N(C)CCc1ccc(OC)c(OC)c1. The number of likely N-dealkylation sites (N-methyl/N-ethyl adjacent to an activating group) is 1. The van der Waals surface area contributed by atoms with E-state index in [2.05, 4.69) is 31.9 Å². The van der Waals surface area contributed by atoms with E-state index in [4.69, 9.17) is 14.5 Å². The Morgan fingerprint density at radius 2 is 1.90 bits per heavy atom. The van der Waals surface area contributed by atoms with Gasteiger partial charge in [-0.3, -0.25) is 4.99 Å². The van der Waals surface area contributed by atoms with Crippen molar-refractivity contribution >= 4 is 17.0 Å². The molecule has 1 N–H and O–H groups in total. The van der Waals surface area contributed by atoms with Crippen molar-refractivity contribution in [3.8, 4) is 11.5 Å². The second-order valence-corrected chi connectivity index (χ2v) is 6.84. The molecule has 0 spiro atoms. The molecule has 0 bridgehead atoms. The monoisotopic (exact) mass is 395 g/mol. The summed E-state index contributed by atoms with van der Waals surface area (Å²) in [6.07, 6.45) is 0.865. The van der Waals surface area contributed by atoms with E-state index in [1.54, 1.807) is 21.3 Å². The van der Waals surface area contributed by atoms with Crippen molar-refractivity contribution in [2.45, 2.75) is 13.0 Å². The van der Waals surface area contributed by atoms with E-state index in [9.17, 15) is 0 Å². The molecule has 0 aliphatic rings. The van der Waals surface area contributed by atoms with Crippen molar-refractivity contribution in [1.29, 1.82) is 0 Å². The summed E-state index contributed by atoms with van der Waals surface area (Å²) in [5.74, 6) is 3.29. The largest absolute Gasteiger partial charge is 0.493 e. The minimum atomic E-state index is 0.610. The van der Waals surface area contributed by atoms with Gasteiger partial charge in [0.25, 0.3) is 0 Å². The highest BCUT2D eigenvalue weighted by Gasteiger charge is 2.11. The summed E-state index contributed by atoms with van der Waals surface area (Å²) in [7, 11) is 9.16. The minimum Gasteiger partial charge on any atom is -0.493 e. The van der Waals surface area contributed by atoms with Crippen LogP contribution in [0.25, 0.3) is 11.0 Å². The third kappa shape index (κ3) is 4.62. The average molecular weight is 396 g/mol. The zero-order valence-corrected chi connectivity index (χ0v) is 17.8. The van der Waals surface area contributed by atoms with Crippen molar-refractivity contribution in [3.05, 3.63) is 53.9 Å². The lowest BCUT2D eigenvalue weighted by atomic mass is 10.1. The van der Waals surface area contributed by atoms with E-state index in [1.165, 1.54) is 5.56 Å². The molecule has 0 amide bonds. The molecule has 3 aromatic rings. The summed E-state index contributed by atoms with van der Waals surface area (Å²) in [4.78, 5) is 11.2. The second-order valence-electron chi connectivity index (χ2n) is 6.84. The number of aromatic nitrogens is 2. The number of methoxy groups -OCH3 is 2. The number of nitrogens with zero attached hydrogens (tertiary/aromatic N) is 4. The van der Waals surface area contributed by atoms with Crippen LogP contribution in [0.2, 0.25) is 0 Å². The fourth-order valence-electron chi connectivity index (χ4n) is 3.34. The van der Waals surface area contributed by atoms with Crippen LogP contribution in [0.3, 0.4) is 0 Å². The van der Waals surface area contributed by atoms with Crippen LogP contribution >= 0.6 is 0 Å². The van der Waals surface area contributed by atoms with Crippen LogP contribution in [0, 0.1) is 0 Å². The predicted octanol–water partition coefficient (Wildman–Crippen LogP) is 2.84. The van der Waals surface area contributed by atoms with Gasteiger partial charge in [0.1, 0.15) is 5.82 Å². The van der Waals surface area contributed by atoms with E-state index >= 15 is 0 Å². The molecule has 0 fully saturated rings. The molecule has 29 heavy (non-hydrogen) atoms. The molecule has 0 saturated heterocycles. The Kier molecular flexibility index (Phi) is 6.59. The van der Waals surface area contributed by atoms with Crippen LogP contribution in [0.5, 0.6) is 11.5 Å². The molecule has 1 heterocycles.